The van der Waals surface area contributed by atoms with Crippen LogP contribution in [-0.4, -0.2) is 40.8 Å². The summed E-state index contributed by atoms with van der Waals surface area (Å²) in [6, 6.07) is 6.50. The maximum absolute atomic E-state index is 10.8. The Morgan fingerprint density at radius 1 is 1.46 bits per heavy atom. The average Bonchev–Trinajstić information content (AvgIpc) is 3.17. The molecule has 0 radical (unpaired) electrons. The predicted octanol–water partition coefficient (Wildman–Crippen LogP) is 1.81. The number of aliphatic hydroxyl groups is 1. The summed E-state index contributed by atoms with van der Waals surface area (Å²) >= 11 is 1.47. The molecular formula is C15H19ClN4O3S. The molecule has 2 atom stereocenters. The minimum atomic E-state index is -0.402. The first-order valence-corrected chi connectivity index (χ1v) is 8.30. The van der Waals surface area contributed by atoms with Crippen LogP contribution >= 0.6 is 23.7 Å². The fraction of sp³-hybridized carbons (Fsp3) is 0.400. The summed E-state index contributed by atoms with van der Waals surface area (Å²) in [6.45, 7) is 2.83. The van der Waals surface area contributed by atoms with Crippen molar-refractivity contribution in [2.75, 3.05) is 19.6 Å². The van der Waals surface area contributed by atoms with Gasteiger partial charge in [0.1, 0.15) is 5.01 Å². The average molecular weight is 371 g/mol. The SMILES string of the molecule is Cl.O=[N+]([O-])c1cccc(-c2nc(CNCC3CNCC3O)cs2)c1. The largest absolute Gasteiger partial charge is 0.391 e. The van der Waals surface area contributed by atoms with E-state index >= 15 is 0 Å². The zero-order chi connectivity index (χ0) is 16.2. The van der Waals surface area contributed by atoms with E-state index in [1.807, 2.05) is 11.4 Å². The maximum Gasteiger partial charge on any atom is 0.270 e. The number of non-ortho nitro benzene ring substituents is 1. The van der Waals surface area contributed by atoms with Gasteiger partial charge in [-0.2, -0.15) is 0 Å². The van der Waals surface area contributed by atoms with E-state index in [1.54, 1.807) is 6.07 Å². The van der Waals surface area contributed by atoms with Gasteiger partial charge in [-0.25, -0.2) is 4.98 Å². The number of hydrogen-bond acceptors (Lipinski definition) is 7. The van der Waals surface area contributed by atoms with Crippen molar-refractivity contribution < 1.29 is 10.0 Å². The second-order valence-electron chi connectivity index (χ2n) is 5.57. The van der Waals surface area contributed by atoms with Crippen LogP contribution in [0.2, 0.25) is 0 Å². The third kappa shape index (κ3) is 4.49. The summed E-state index contributed by atoms with van der Waals surface area (Å²) in [4.78, 5) is 15.0. The molecule has 7 nitrogen and oxygen atoms in total. The molecule has 0 bridgehead atoms. The van der Waals surface area contributed by atoms with Gasteiger partial charge in [0.05, 0.1) is 16.7 Å². The van der Waals surface area contributed by atoms with E-state index in [0.717, 1.165) is 29.4 Å². The molecule has 1 saturated heterocycles. The molecule has 1 aliphatic heterocycles. The Bertz CT molecular complexity index is 697. The van der Waals surface area contributed by atoms with Crippen LogP contribution in [0.15, 0.2) is 29.6 Å². The smallest absolute Gasteiger partial charge is 0.270 e. The van der Waals surface area contributed by atoms with Gasteiger partial charge in [0.2, 0.25) is 0 Å². The van der Waals surface area contributed by atoms with Crippen molar-refractivity contribution in [3.63, 3.8) is 0 Å². The molecule has 2 unspecified atom stereocenters. The number of nitro groups is 1. The molecule has 1 aromatic carbocycles. The molecule has 0 saturated carbocycles. The number of aliphatic hydroxyl groups excluding tert-OH is 1. The van der Waals surface area contributed by atoms with Crippen LogP contribution in [0.1, 0.15) is 5.69 Å². The van der Waals surface area contributed by atoms with Gasteiger partial charge in [0.25, 0.3) is 5.69 Å². The van der Waals surface area contributed by atoms with E-state index in [9.17, 15) is 15.2 Å². The molecule has 1 fully saturated rings. The minimum absolute atomic E-state index is 0. The van der Waals surface area contributed by atoms with Gasteiger partial charge in [-0.05, 0) is 0 Å². The van der Waals surface area contributed by atoms with Crippen molar-refractivity contribution in [1.82, 2.24) is 15.6 Å². The fourth-order valence-electron chi connectivity index (χ4n) is 2.59. The molecule has 24 heavy (non-hydrogen) atoms. The van der Waals surface area contributed by atoms with Gasteiger partial charge in [-0.15, -0.1) is 23.7 Å². The lowest BCUT2D eigenvalue weighted by Gasteiger charge is -2.13. The monoisotopic (exact) mass is 370 g/mol. The summed E-state index contributed by atoms with van der Waals surface area (Å²) in [5, 5.41) is 29.8. The fourth-order valence-corrected chi connectivity index (χ4v) is 3.40. The van der Waals surface area contributed by atoms with Crippen molar-refractivity contribution in [3.05, 3.63) is 45.5 Å². The molecule has 3 N–H and O–H groups in total. The molecule has 1 aliphatic rings. The van der Waals surface area contributed by atoms with E-state index in [2.05, 4.69) is 15.6 Å². The first kappa shape index (κ1) is 18.8. The number of thiazole rings is 1. The molecular weight excluding hydrogens is 352 g/mol. The molecule has 2 aromatic rings. The van der Waals surface area contributed by atoms with Gasteiger partial charge in [-0.1, -0.05) is 12.1 Å². The second kappa shape index (κ2) is 8.50. The highest BCUT2D eigenvalue weighted by atomic mass is 35.5. The van der Waals surface area contributed by atoms with Crippen LogP contribution in [0.4, 0.5) is 5.69 Å². The Morgan fingerprint density at radius 3 is 3.00 bits per heavy atom. The predicted molar refractivity (Wildman–Crippen MR) is 95.5 cm³/mol. The number of nitro benzene ring substituents is 1. The Kier molecular flexibility index (Phi) is 6.64. The summed E-state index contributed by atoms with van der Waals surface area (Å²) in [6.07, 6.45) is -0.293. The van der Waals surface area contributed by atoms with E-state index in [-0.39, 0.29) is 30.1 Å². The minimum Gasteiger partial charge on any atom is -0.391 e. The molecule has 0 aliphatic carbocycles. The summed E-state index contributed by atoms with van der Waals surface area (Å²) in [5.41, 5.74) is 1.72. The Labute approximate surface area is 149 Å². The van der Waals surface area contributed by atoms with Crippen molar-refractivity contribution >= 4 is 29.4 Å². The van der Waals surface area contributed by atoms with Crippen molar-refractivity contribution in [2.45, 2.75) is 12.6 Å². The lowest BCUT2D eigenvalue weighted by molar-refractivity contribution is -0.384. The van der Waals surface area contributed by atoms with Crippen LogP contribution in [0.25, 0.3) is 10.6 Å². The standard InChI is InChI=1S/C15H18N4O3S.ClH/c20-14-8-17-6-11(14)5-16-7-12-9-23-15(18-12)10-2-1-3-13(4-10)19(21)22;/h1-4,9,11,14,16-17,20H,5-8H2;1H. The van der Waals surface area contributed by atoms with Crippen molar-refractivity contribution in [1.29, 1.82) is 0 Å². The molecule has 1 aromatic heterocycles. The number of β-amino-alcohol motifs (C(OH)–C–C–N with tert-alkyl or cyclic N) is 1. The van der Waals surface area contributed by atoms with Crippen molar-refractivity contribution in [3.8, 4) is 10.6 Å². The lowest BCUT2D eigenvalue weighted by atomic mass is 10.1. The van der Waals surface area contributed by atoms with Gasteiger partial charge >= 0.3 is 0 Å². The number of nitrogens with zero attached hydrogens (tertiary/aromatic N) is 2. The number of nitrogens with one attached hydrogen (secondary N) is 2. The second-order valence-corrected chi connectivity index (χ2v) is 6.43. The third-order valence-electron chi connectivity index (χ3n) is 3.87. The Balaban J connectivity index is 0.00000208. The molecule has 2 heterocycles. The number of aromatic nitrogens is 1. The van der Waals surface area contributed by atoms with E-state index < -0.39 is 4.92 Å². The highest BCUT2D eigenvalue weighted by Gasteiger charge is 2.24. The topological polar surface area (TPSA) is 100 Å². The molecule has 3 rings (SSSR count). The normalized spacial score (nSPS) is 19.9. The van der Waals surface area contributed by atoms with Crippen LogP contribution in [0, 0.1) is 16.0 Å². The lowest BCUT2D eigenvalue weighted by Crippen LogP contribution is -2.30. The number of hydrogen-bond donors (Lipinski definition) is 3. The van der Waals surface area contributed by atoms with Gasteiger partial charge in [-0.3, -0.25) is 10.1 Å². The highest BCUT2D eigenvalue weighted by molar-refractivity contribution is 7.13. The summed E-state index contributed by atoms with van der Waals surface area (Å²) < 4.78 is 0. The van der Waals surface area contributed by atoms with Crippen LogP contribution in [0.5, 0.6) is 0 Å². The van der Waals surface area contributed by atoms with Gasteiger partial charge in [0, 0.05) is 55.2 Å². The van der Waals surface area contributed by atoms with Crippen LogP contribution in [-0.2, 0) is 6.54 Å². The highest BCUT2D eigenvalue weighted by Crippen LogP contribution is 2.26. The third-order valence-corrected chi connectivity index (χ3v) is 4.81. The number of halogens is 1. The first-order valence-electron chi connectivity index (χ1n) is 7.42. The molecule has 9 heteroatoms. The first-order chi connectivity index (χ1) is 11.1. The molecule has 0 amide bonds. The quantitative estimate of drug-likeness (QED) is 0.529. The zero-order valence-electron chi connectivity index (χ0n) is 12.8. The summed E-state index contributed by atoms with van der Waals surface area (Å²) in [5.74, 6) is 0.227. The van der Waals surface area contributed by atoms with Gasteiger partial charge < -0.3 is 15.7 Å². The van der Waals surface area contributed by atoms with Crippen LogP contribution in [0.3, 0.4) is 0 Å². The van der Waals surface area contributed by atoms with E-state index in [1.165, 1.54) is 23.5 Å². The molecule has 0 spiro atoms. The van der Waals surface area contributed by atoms with E-state index in [0.29, 0.717) is 13.1 Å². The number of benzene rings is 1. The summed E-state index contributed by atoms with van der Waals surface area (Å²) in [7, 11) is 0. The van der Waals surface area contributed by atoms with Crippen molar-refractivity contribution in [2.24, 2.45) is 5.92 Å². The van der Waals surface area contributed by atoms with Crippen LogP contribution < -0.4 is 10.6 Å². The Morgan fingerprint density at radius 2 is 2.29 bits per heavy atom. The van der Waals surface area contributed by atoms with E-state index in [4.69, 9.17) is 0 Å². The number of rotatable bonds is 6. The zero-order valence-corrected chi connectivity index (χ0v) is 14.5. The Hall–Kier alpha value is -1.58. The maximum atomic E-state index is 10.8. The molecule has 130 valence electrons. The van der Waals surface area contributed by atoms with Gasteiger partial charge in [0.15, 0.2) is 0 Å².